The standard InChI is InChI=1S/C62H77BN2S/c1-19-58(9,10)39-20-24-47-49(31-39)65(48-25-21-38(30-37(48)2)56(3,4)5)51-33-40(57(6,7)8)32-50-53(51)63(47)55-54(42-35-45-46(36-52(42)66-55)62(17,18)29-28-61(45,15)16)64(50)41-22-23-43-44(34-41)60(13,14)27-26-59(43,11)12/h20-25,30-36H,19,26-29H2,1-18H3. The Morgan fingerprint density at radius 1 is 0.530 bits per heavy atom. The lowest BCUT2D eigenvalue weighted by Gasteiger charge is -2.46. The first-order valence-electron chi connectivity index (χ1n) is 25.4. The number of thiophene rings is 1. The summed E-state index contributed by atoms with van der Waals surface area (Å²) in [6.07, 6.45) is 5.87. The zero-order chi connectivity index (χ0) is 47.6. The van der Waals surface area contributed by atoms with Crippen molar-refractivity contribution in [3.05, 3.63) is 123 Å². The predicted molar refractivity (Wildman–Crippen MR) is 292 cm³/mol. The van der Waals surface area contributed by atoms with Crippen molar-refractivity contribution >= 4 is 78.0 Å². The van der Waals surface area contributed by atoms with E-state index in [1.807, 2.05) is 0 Å². The van der Waals surface area contributed by atoms with Gasteiger partial charge in [-0.05, 0) is 181 Å². The highest BCUT2D eigenvalue weighted by molar-refractivity contribution is 7.33. The Morgan fingerprint density at radius 3 is 1.64 bits per heavy atom. The van der Waals surface area contributed by atoms with E-state index in [2.05, 4.69) is 225 Å². The number of nitrogens with zero attached hydrogens (tertiary/aromatic N) is 2. The molecular formula is C62H77BN2S. The number of benzene rings is 5. The van der Waals surface area contributed by atoms with Crippen LogP contribution in [0.2, 0.25) is 0 Å². The molecule has 10 rings (SSSR count). The van der Waals surface area contributed by atoms with Crippen molar-refractivity contribution in [2.75, 3.05) is 9.80 Å². The van der Waals surface area contributed by atoms with Crippen LogP contribution >= 0.6 is 11.3 Å². The molecule has 344 valence electrons. The fourth-order valence-corrected chi connectivity index (χ4v) is 13.6. The number of anilines is 6. The first kappa shape index (κ1) is 45.5. The van der Waals surface area contributed by atoms with E-state index in [9.17, 15) is 0 Å². The Hall–Kier alpha value is -4.28. The molecule has 2 aliphatic carbocycles. The molecule has 0 fully saturated rings. The zero-order valence-electron chi connectivity index (χ0n) is 43.9. The summed E-state index contributed by atoms with van der Waals surface area (Å²) >= 11 is 2.07. The number of hydrogen-bond acceptors (Lipinski definition) is 3. The lowest BCUT2D eigenvalue weighted by molar-refractivity contribution is 0.332. The summed E-state index contributed by atoms with van der Waals surface area (Å²) in [4.78, 5) is 5.45. The van der Waals surface area contributed by atoms with Crippen molar-refractivity contribution in [1.82, 2.24) is 0 Å². The van der Waals surface area contributed by atoms with Gasteiger partial charge in [0.05, 0.1) is 5.69 Å². The maximum absolute atomic E-state index is 2.76. The highest BCUT2D eigenvalue weighted by atomic mass is 32.1. The number of rotatable bonds is 4. The van der Waals surface area contributed by atoms with Gasteiger partial charge in [-0.1, -0.05) is 148 Å². The van der Waals surface area contributed by atoms with E-state index >= 15 is 0 Å². The molecule has 5 aromatic carbocycles. The summed E-state index contributed by atoms with van der Waals surface area (Å²) in [5.41, 5.74) is 22.7. The summed E-state index contributed by atoms with van der Waals surface area (Å²) in [6, 6.07) is 33.0. The summed E-state index contributed by atoms with van der Waals surface area (Å²) in [6.45, 7) is 43.7. The molecular weight excluding hydrogens is 816 g/mol. The van der Waals surface area contributed by atoms with Gasteiger partial charge in [0.25, 0.3) is 6.71 Å². The van der Waals surface area contributed by atoms with Gasteiger partial charge in [-0.3, -0.25) is 0 Å². The molecule has 1 aromatic heterocycles. The van der Waals surface area contributed by atoms with Crippen molar-refractivity contribution in [2.24, 2.45) is 0 Å². The third kappa shape index (κ3) is 6.82. The average Bonchev–Trinajstić information content (AvgIpc) is 3.61. The highest BCUT2D eigenvalue weighted by Gasteiger charge is 2.48. The lowest BCUT2D eigenvalue weighted by Crippen LogP contribution is -2.60. The third-order valence-electron chi connectivity index (χ3n) is 17.6. The lowest BCUT2D eigenvalue weighted by atomic mass is 9.36. The molecule has 2 nitrogen and oxygen atoms in total. The minimum atomic E-state index is -0.0939. The van der Waals surface area contributed by atoms with Crippen molar-refractivity contribution in [3.8, 4) is 0 Å². The molecule has 0 saturated carbocycles. The van der Waals surface area contributed by atoms with Crippen LogP contribution in [0.15, 0.2) is 78.9 Å². The van der Waals surface area contributed by atoms with Crippen LogP contribution in [0.3, 0.4) is 0 Å². The molecule has 0 N–H and O–H groups in total. The van der Waals surface area contributed by atoms with Gasteiger partial charge in [0.1, 0.15) is 0 Å². The number of fused-ring (bicyclic) bond motifs is 8. The van der Waals surface area contributed by atoms with E-state index in [1.54, 1.807) is 5.56 Å². The van der Waals surface area contributed by atoms with E-state index < -0.39 is 0 Å². The molecule has 3 heterocycles. The quantitative estimate of drug-likeness (QED) is 0.162. The van der Waals surface area contributed by atoms with Gasteiger partial charge in [0.2, 0.25) is 0 Å². The van der Waals surface area contributed by atoms with Crippen LogP contribution in [0.25, 0.3) is 10.1 Å². The van der Waals surface area contributed by atoms with Crippen LogP contribution in [0.1, 0.15) is 194 Å². The zero-order valence-corrected chi connectivity index (χ0v) is 44.7. The Morgan fingerprint density at radius 2 is 1.06 bits per heavy atom. The minimum Gasteiger partial charge on any atom is -0.311 e. The normalized spacial score (nSPS) is 19.0. The van der Waals surface area contributed by atoms with Crippen molar-refractivity contribution in [1.29, 1.82) is 0 Å². The van der Waals surface area contributed by atoms with Gasteiger partial charge in [-0.2, -0.15) is 0 Å². The van der Waals surface area contributed by atoms with Crippen LogP contribution in [-0.4, -0.2) is 6.71 Å². The van der Waals surface area contributed by atoms with Crippen LogP contribution in [-0.2, 0) is 37.9 Å². The van der Waals surface area contributed by atoms with Gasteiger partial charge < -0.3 is 9.80 Å². The van der Waals surface area contributed by atoms with E-state index in [4.69, 9.17) is 0 Å². The van der Waals surface area contributed by atoms with E-state index in [0.717, 1.165) is 6.42 Å². The molecule has 0 unspecified atom stereocenters. The number of hydrogen-bond donors (Lipinski definition) is 0. The van der Waals surface area contributed by atoms with Crippen molar-refractivity contribution in [2.45, 2.75) is 195 Å². The van der Waals surface area contributed by atoms with E-state index in [0.29, 0.717) is 0 Å². The Bertz CT molecular complexity index is 2990. The molecule has 0 radical (unpaired) electrons. The molecule has 66 heavy (non-hydrogen) atoms. The van der Waals surface area contributed by atoms with Crippen LogP contribution < -0.4 is 25.5 Å². The maximum Gasteiger partial charge on any atom is 0.264 e. The molecule has 6 aromatic rings. The predicted octanol–water partition coefficient (Wildman–Crippen LogP) is 16.3. The Labute approximate surface area is 403 Å². The molecule has 0 atom stereocenters. The monoisotopic (exact) mass is 893 g/mol. The second-order valence-electron chi connectivity index (χ2n) is 26.5. The summed E-state index contributed by atoms with van der Waals surface area (Å²) in [5, 5.41) is 1.41. The molecule has 4 aliphatic rings. The highest BCUT2D eigenvalue weighted by Crippen LogP contribution is 2.55. The van der Waals surface area contributed by atoms with Crippen LogP contribution in [0.5, 0.6) is 0 Å². The van der Waals surface area contributed by atoms with E-state index in [-0.39, 0.29) is 44.6 Å². The summed E-state index contributed by atoms with van der Waals surface area (Å²) < 4.78 is 2.89. The molecule has 0 bridgehead atoms. The SMILES string of the molecule is CCC(C)(C)c1ccc2c(c1)N(c1ccc(C(C)(C)C)cc1C)c1cc(C(C)(C)C)cc3c1B2c1sc2cc4c(cc2c1N3c1ccc2c(c1)C(C)(C)CCC2(C)C)C(C)(C)CCC4(C)C. The topological polar surface area (TPSA) is 6.48 Å². The summed E-state index contributed by atoms with van der Waals surface area (Å²) in [5.74, 6) is 0. The van der Waals surface area contributed by atoms with E-state index in [1.165, 1.54) is 125 Å². The largest absolute Gasteiger partial charge is 0.311 e. The third-order valence-corrected chi connectivity index (χ3v) is 18.8. The van der Waals surface area contributed by atoms with Crippen LogP contribution in [0.4, 0.5) is 34.1 Å². The average molecular weight is 893 g/mol. The molecule has 0 spiro atoms. The van der Waals surface area contributed by atoms with Gasteiger partial charge in [-0.25, -0.2) is 0 Å². The first-order chi connectivity index (χ1) is 30.6. The Kier molecular flexibility index (Phi) is 9.92. The van der Waals surface area contributed by atoms with Crippen LogP contribution in [0, 0.1) is 6.92 Å². The van der Waals surface area contributed by atoms with Crippen molar-refractivity contribution < 1.29 is 0 Å². The van der Waals surface area contributed by atoms with Crippen molar-refractivity contribution in [3.63, 3.8) is 0 Å². The fourth-order valence-electron chi connectivity index (χ4n) is 12.2. The smallest absolute Gasteiger partial charge is 0.264 e. The first-order valence-corrected chi connectivity index (χ1v) is 26.2. The summed E-state index contributed by atoms with van der Waals surface area (Å²) in [7, 11) is 0. The molecule has 0 saturated heterocycles. The second-order valence-corrected chi connectivity index (χ2v) is 27.6. The number of aryl methyl sites for hydroxylation is 1. The van der Waals surface area contributed by atoms with Gasteiger partial charge in [0.15, 0.2) is 0 Å². The second kappa shape index (κ2) is 14.4. The molecule has 4 heteroatoms. The maximum atomic E-state index is 2.76. The molecule has 0 amide bonds. The molecule has 2 aliphatic heterocycles. The Balaban J connectivity index is 1.37. The van der Waals surface area contributed by atoms with Gasteiger partial charge in [0, 0.05) is 43.3 Å². The fraction of sp³-hybridized carbons (Fsp3) is 0.484. The van der Waals surface area contributed by atoms with Gasteiger partial charge >= 0.3 is 0 Å². The van der Waals surface area contributed by atoms with Gasteiger partial charge in [-0.15, -0.1) is 11.3 Å². The minimum absolute atomic E-state index is 0.0319.